The minimum absolute atomic E-state index is 0.0354. The Morgan fingerprint density at radius 2 is 1.87 bits per heavy atom. The van der Waals surface area contributed by atoms with Crippen LogP contribution >= 0.6 is 0 Å². The van der Waals surface area contributed by atoms with Gasteiger partial charge in [-0.05, 0) is 36.5 Å². The zero-order valence-electron chi connectivity index (χ0n) is 13.6. The van der Waals surface area contributed by atoms with E-state index in [2.05, 4.69) is 13.8 Å². The molecule has 1 aromatic carbocycles. The van der Waals surface area contributed by atoms with Crippen molar-refractivity contribution < 1.29 is 4.74 Å². The molecule has 1 unspecified atom stereocenters. The van der Waals surface area contributed by atoms with Gasteiger partial charge < -0.3 is 9.30 Å². The van der Waals surface area contributed by atoms with Crippen molar-refractivity contribution in [3.63, 3.8) is 0 Å². The van der Waals surface area contributed by atoms with E-state index in [1.807, 2.05) is 24.3 Å². The second-order valence-corrected chi connectivity index (χ2v) is 6.31. The minimum Gasteiger partial charge on any atom is -0.376 e. The summed E-state index contributed by atoms with van der Waals surface area (Å²) in [5, 5.41) is 0. The third kappa shape index (κ3) is 3.29. The zero-order valence-corrected chi connectivity index (χ0v) is 13.6. The van der Waals surface area contributed by atoms with Crippen molar-refractivity contribution in [1.82, 2.24) is 9.13 Å². The molecule has 1 aliphatic rings. The average molecular weight is 314 g/mol. The predicted octanol–water partition coefficient (Wildman–Crippen LogP) is 2.30. The van der Waals surface area contributed by atoms with Crippen molar-refractivity contribution in [2.75, 3.05) is 6.61 Å². The normalized spacial score (nSPS) is 17.8. The first kappa shape index (κ1) is 15.7. The van der Waals surface area contributed by atoms with E-state index in [9.17, 15) is 9.59 Å². The van der Waals surface area contributed by atoms with Gasteiger partial charge in [-0.3, -0.25) is 14.2 Å². The van der Waals surface area contributed by atoms with E-state index in [-0.39, 0.29) is 6.10 Å². The molecule has 0 spiro atoms. The Kier molecular flexibility index (Phi) is 4.48. The van der Waals surface area contributed by atoms with Crippen LogP contribution in [0.1, 0.15) is 38.2 Å². The number of nitrogens with zero attached hydrogens (tertiary/aromatic N) is 2. The standard InChI is InChI=1S/C18H22N2O3/c1-13(2)14-5-7-15(8-6-14)20-10-9-19(17(21)18(20)22)12-16-4-3-11-23-16/h5-10,13,16H,3-4,11-12H2,1-2H3. The third-order valence-corrected chi connectivity index (χ3v) is 4.32. The SMILES string of the molecule is CC(C)c1ccc(-n2ccn(CC3CCCO3)c(=O)c2=O)cc1. The number of hydrogen-bond donors (Lipinski definition) is 0. The molecule has 0 amide bonds. The molecule has 0 bridgehead atoms. The molecule has 5 heteroatoms. The van der Waals surface area contributed by atoms with Crippen LogP contribution in [0.4, 0.5) is 0 Å². The van der Waals surface area contributed by atoms with Gasteiger partial charge in [0.05, 0.1) is 12.6 Å². The van der Waals surface area contributed by atoms with Crippen LogP contribution in [0.3, 0.4) is 0 Å². The fourth-order valence-corrected chi connectivity index (χ4v) is 2.88. The van der Waals surface area contributed by atoms with Gasteiger partial charge in [0.1, 0.15) is 0 Å². The van der Waals surface area contributed by atoms with Gasteiger partial charge in [0, 0.05) is 24.7 Å². The van der Waals surface area contributed by atoms with Crippen LogP contribution < -0.4 is 11.1 Å². The van der Waals surface area contributed by atoms with Gasteiger partial charge in [0.2, 0.25) is 0 Å². The molecule has 1 saturated heterocycles. The Hall–Kier alpha value is -2.14. The molecule has 3 rings (SSSR count). The van der Waals surface area contributed by atoms with Crippen LogP contribution in [-0.2, 0) is 11.3 Å². The van der Waals surface area contributed by atoms with Crippen LogP contribution in [0.25, 0.3) is 5.69 Å². The van der Waals surface area contributed by atoms with Crippen molar-refractivity contribution in [3.8, 4) is 5.69 Å². The first-order valence-corrected chi connectivity index (χ1v) is 8.10. The maximum absolute atomic E-state index is 12.4. The fraction of sp³-hybridized carbons (Fsp3) is 0.444. The van der Waals surface area contributed by atoms with Crippen LogP contribution in [-0.4, -0.2) is 21.8 Å². The van der Waals surface area contributed by atoms with E-state index in [1.54, 1.807) is 12.4 Å². The Labute approximate surface area is 135 Å². The van der Waals surface area contributed by atoms with Crippen molar-refractivity contribution in [1.29, 1.82) is 0 Å². The van der Waals surface area contributed by atoms with Crippen LogP contribution in [0.5, 0.6) is 0 Å². The maximum Gasteiger partial charge on any atom is 0.320 e. The fourth-order valence-electron chi connectivity index (χ4n) is 2.88. The first-order chi connectivity index (χ1) is 11.1. The summed E-state index contributed by atoms with van der Waals surface area (Å²) in [4.78, 5) is 24.7. The molecule has 1 fully saturated rings. The molecule has 1 aliphatic heterocycles. The van der Waals surface area contributed by atoms with Crippen molar-refractivity contribution in [2.24, 2.45) is 0 Å². The van der Waals surface area contributed by atoms with E-state index >= 15 is 0 Å². The molecule has 1 aromatic heterocycles. The largest absolute Gasteiger partial charge is 0.376 e. The van der Waals surface area contributed by atoms with Gasteiger partial charge in [-0.15, -0.1) is 0 Å². The van der Waals surface area contributed by atoms with Crippen molar-refractivity contribution in [3.05, 3.63) is 62.9 Å². The van der Waals surface area contributed by atoms with Gasteiger partial charge in [-0.1, -0.05) is 26.0 Å². The van der Waals surface area contributed by atoms with E-state index in [1.165, 1.54) is 14.7 Å². The Morgan fingerprint density at radius 1 is 1.13 bits per heavy atom. The monoisotopic (exact) mass is 314 g/mol. The quantitative estimate of drug-likeness (QED) is 0.814. The number of rotatable bonds is 4. The summed E-state index contributed by atoms with van der Waals surface area (Å²) < 4.78 is 8.39. The lowest BCUT2D eigenvalue weighted by molar-refractivity contribution is 0.0959. The highest BCUT2D eigenvalue weighted by Gasteiger charge is 2.17. The lowest BCUT2D eigenvalue weighted by Gasteiger charge is -2.13. The summed E-state index contributed by atoms with van der Waals surface area (Å²) in [5.74, 6) is 0.431. The molecular formula is C18H22N2O3. The van der Waals surface area contributed by atoms with Gasteiger partial charge in [0.15, 0.2) is 0 Å². The van der Waals surface area contributed by atoms with Crippen LogP contribution in [0, 0.1) is 0 Å². The highest BCUT2D eigenvalue weighted by atomic mass is 16.5. The van der Waals surface area contributed by atoms with E-state index in [0.29, 0.717) is 18.2 Å². The van der Waals surface area contributed by atoms with Gasteiger partial charge >= 0.3 is 11.1 Å². The lowest BCUT2D eigenvalue weighted by Crippen LogP contribution is -2.41. The van der Waals surface area contributed by atoms with Crippen molar-refractivity contribution in [2.45, 2.75) is 45.3 Å². The van der Waals surface area contributed by atoms with Crippen molar-refractivity contribution >= 4 is 0 Å². The molecule has 0 saturated carbocycles. The van der Waals surface area contributed by atoms with Gasteiger partial charge in [-0.25, -0.2) is 0 Å². The summed E-state index contributed by atoms with van der Waals surface area (Å²) in [6, 6.07) is 7.73. The summed E-state index contributed by atoms with van der Waals surface area (Å²) >= 11 is 0. The first-order valence-electron chi connectivity index (χ1n) is 8.10. The Morgan fingerprint density at radius 3 is 2.48 bits per heavy atom. The lowest BCUT2D eigenvalue weighted by atomic mass is 10.0. The number of benzene rings is 1. The highest BCUT2D eigenvalue weighted by Crippen LogP contribution is 2.16. The second kappa shape index (κ2) is 6.54. The summed E-state index contributed by atoms with van der Waals surface area (Å²) in [6.45, 7) is 5.42. The molecule has 1 atom stereocenters. The van der Waals surface area contributed by atoms with Crippen LogP contribution in [0.2, 0.25) is 0 Å². The summed E-state index contributed by atoms with van der Waals surface area (Å²) in [6.07, 6.45) is 5.31. The zero-order chi connectivity index (χ0) is 16.4. The number of hydrogen-bond acceptors (Lipinski definition) is 3. The molecular weight excluding hydrogens is 292 g/mol. The predicted molar refractivity (Wildman–Crippen MR) is 89.4 cm³/mol. The molecule has 122 valence electrons. The maximum atomic E-state index is 12.4. The van der Waals surface area contributed by atoms with Crippen LogP contribution in [0.15, 0.2) is 46.2 Å². The number of aromatic nitrogens is 2. The number of ether oxygens (including phenoxy) is 1. The second-order valence-electron chi connectivity index (χ2n) is 6.31. The highest BCUT2D eigenvalue weighted by molar-refractivity contribution is 5.35. The molecule has 2 aromatic rings. The molecule has 5 nitrogen and oxygen atoms in total. The molecule has 0 aliphatic carbocycles. The van der Waals surface area contributed by atoms with Gasteiger partial charge in [0.25, 0.3) is 0 Å². The molecule has 0 N–H and O–H groups in total. The summed E-state index contributed by atoms with van der Waals surface area (Å²) in [7, 11) is 0. The summed E-state index contributed by atoms with van der Waals surface area (Å²) in [5.41, 5.74) is 0.882. The average Bonchev–Trinajstić information content (AvgIpc) is 3.05. The van der Waals surface area contributed by atoms with Gasteiger partial charge in [-0.2, -0.15) is 0 Å². The van der Waals surface area contributed by atoms with E-state index < -0.39 is 11.1 Å². The minimum atomic E-state index is -0.525. The molecule has 23 heavy (non-hydrogen) atoms. The van der Waals surface area contributed by atoms with E-state index in [0.717, 1.165) is 19.4 Å². The Bertz CT molecular complexity index is 781. The third-order valence-electron chi connectivity index (χ3n) is 4.32. The molecule has 0 radical (unpaired) electrons. The smallest absolute Gasteiger partial charge is 0.320 e. The topological polar surface area (TPSA) is 53.2 Å². The van der Waals surface area contributed by atoms with E-state index in [4.69, 9.17) is 4.74 Å². The Balaban J connectivity index is 1.90. The molecule has 2 heterocycles.